The van der Waals surface area contributed by atoms with Crippen LogP contribution in [0.15, 0.2) is 45.7 Å². The molecular formula is C21H21N5O3. The van der Waals surface area contributed by atoms with Gasteiger partial charge in [0.15, 0.2) is 5.58 Å². The number of anilines is 4. The molecule has 0 aliphatic carbocycles. The van der Waals surface area contributed by atoms with Gasteiger partial charge in [0.2, 0.25) is 5.95 Å². The molecule has 0 saturated carbocycles. The summed E-state index contributed by atoms with van der Waals surface area (Å²) in [6.45, 7) is 5.92. The first kappa shape index (κ1) is 18.5. The number of aryl methyl sites for hydroxylation is 3. The van der Waals surface area contributed by atoms with Crippen LogP contribution in [0.1, 0.15) is 16.7 Å². The number of nitrogens with one attached hydrogen (secondary N) is 3. The van der Waals surface area contributed by atoms with E-state index in [2.05, 4.69) is 25.6 Å². The van der Waals surface area contributed by atoms with E-state index in [9.17, 15) is 4.79 Å². The zero-order chi connectivity index (χ0) is 20.5. The minimum Gasteiger partial charge on any atom is -0.496 e. The van der Waals surface area contributed by atoms with E-state index in [-0.39, 0.29) is 0 Å². The first-order chi connectivity index (χ1) is 13.9. The van der Waals surface area contributed by atoms with Crippen molar-refractivity contribution in [2.24, 2.45) is 0 Å². The molecule has 8 nitrogen and oxygen atoms in total. The van der Waals surface area contributed by atoms with E-state index in [1.54, 1.807) is 25.4 Å². The molecule has 0 amide bonds. The molecule has 0 fully saturated rings. The van der Waals surface area contributed by atoms with Crippen LogP contribution in [0.4, 0.5) is 23.1 Å². The van der Waals surface area contributed by atoms with Crippen molar-refractivity contribution in [2.45, 2.75) is 20.8 Å². The molecule has 0 saturated heterocycles. The van der Waals surface area contributed by atoms with E-state index in [0.29, 0.717) is 22.9 Å². The Kier molecular flexibility index (Phi) is 4.67. The Morgan fingerprint density at radius 1 is 1.00 bits per heavy atom. The van der Waals surface area contributed by atoms with Crippen LogP contribution in [-0.4, -0.2) is 22.1 Å². The average Bonchev–Trinajstić information content (AvgIpc) is 3.03. The fourth-order valence-electron chi connectivity index (χ4n) is 3.27. The van der Waals surface area contributed by atoms with Crippen LogP contribution in [0, 0.1) is 20.8 Å². The second-order valence-electron chi connectivity index (χ2n) is 6.84. The van der Waals surface area contributed by atoms with Gasteiger partial charge < -0.3 is 19.8 Å². The largest absolute Gasteiger partial charge is 0.496 e. The van der Waals surface area contributed by atoms with Crippen molar-refractivity contribution < 1.29 is 9.15 Å². The maximum absolute atomic E-state index is 11.3. The number of benzene rings is 2. The summed E-state index contributed by atoms with van der Waals surface area (Å²) in [5, 5.41) is 6.51. The second-order valence-corrected chi connectivity index (χ2v) is 6.84. The maximum atomic E-state index is 11.3. The molecule has 0 unspecified atom stereocenters. The van der Waals surface area contributed by atoms with Gasteiger partial charge >= 0.3 is 5.76 Å². The molecule has 2 heterocycles. The third-order valence-electron chi connectivity index (χ3n) is 4.57. The normalized spacial score (nSPS) is 10.9. The lowest BCUT2D eigenvalue weighted by Gasteiger charge is -2.13. The van der Waals surface area contributed by atoms with Crippen LogP contribution in [0.5, 0.6) is 5.75 Å². The molecule has 2 aromatic heterocycles. The summed E-state index contributed by atoms with van der Waals surface area (Å²) in [4.78, 5) is 23.0. The van der Waals surface area contributed by atoms with Gasteiger partial charge in [-0.3, -0.25) is 4.98 Å². The molecule has 0 spiro atoms. The van der Waals surface area contributed by atoms with Crippen LogP contribution in [-0.2, 0) is 0 Å². The van der Waals surface area contributed by atoms with Crippen LogP contribution in [0.3, 0.4) is 0 Å². The average molecular weight is 391 g/mol. The fourth-order valence-corrected chi connectivity index (χ4v) is 3.27. The maximum Gasteiger partial charge on any atom is 0.417 e. The number of ether oxygens (including phenoxy) is 1. The minimum absolute atomic E-state index is 0.472. The Labute approximate surface area is 167 Å². The van der Waals surface area contributed by atoms with Crippen molar-refractivity contribution in [3.8, 4) is 5.75 Å². The predicted molar refractivity (Wildman–Crippen MR) is 113 cm³/mol. The molecule has 0 aliphatic heterocycles. The molecule has 29 heavy (non-hydrogen) atoms. The second kappa shape index (κ2) is 7.31. The van der Waals surface area contributed by atoms with Crippen LogP contribution >= 0.6 is 0 Å². The number of oxazole rings is 1. The lowest BCUT2D eigenvalue weighted by molar-refractivity contribution is 0.408. The Balaban J connectivity index is 1.61. The molecular weight excluding hydrogens is 370 g/mol. The van der Waals surface area contributed by atoms with E-state index in [1.165, 1.54) is 0 Å². The highest BCUT2D eigenvalue weighted by atomic mass is 16.5. The van der Waals surface area contributed by atoms with Gasteiger partial charge in [-0.15, -0.1) is 0 Å². The third-order valence-corrected chi connectivity index (χ3v) is 4.57. The zero-order valence-electron chi connectivity index (χ0n) is 16.6. The highest BCUT2D eigenvalue weighted by Crippen LogP contribution is 2.28. The lowest BCUT2D eigenvalue weighted by atomic mass is 10.1. The standard InChI is InChI=1S/C21H21N5O3/c1-11-7-15(8-12(2)18(11)28-4)24-20-22-10-13(3)19(26-20)23-14-5-6-17-16(9-14)25-21(27)29-17/h5-10H,1-4H3,(H,25,27)(H2,22,23,24,26). The smallest absolute Gasteiger partial charge is 0.417 e. The molecule has 2 aromatic carbocycles. The van der Waals surface area contributed by atoms with Gasteiger partial charge in [-0.2, -0.15) is 4.98 Å². The number of nitrogens with zero attached hydrogens (tertiary/aromatic N) is 2. The quantitative estimate of drug-likeness (QED) is 0.465. The van der Waals surface area contributed by atoms with Crippen LogP contribution in [0.2, 0.25) is 0 Å². The zero-order valence-corrected chi connectivity index (χ0v) is 16.6. The van der Waals surface area contributed by atoms with E-state index >= 15 is 0 Å². The van der Waals surface area contributed by atoms with Gasteiger partial charge in [-0.05, 0) is 62.2 Å². The Hall–Kier alpha value is -3.81. The molecule has 0 bridgehead atoms. The summed E-state index contributed by atoms with van der Waals surface area (Å²) in [5.41, 5.74) is 5.73. The molecule has 148 valence electrons. The van der Waals surface area contributed by atoms with Crippen molar-refractivity contribution in [3.05, 3.63) is 63.8 Å². The van der Waals surface area contributed by atoms with Crippen LogP contribution in [0.25, 0.3) is 11.1 Å². The first-order valence-corrected chi connectivity index (χ1v) is 9.09. The Bertz CT molecular complexity index is 1240. The minimum atomic E-state index is -0.480. The van der Waals surface area contributed by atoms with E-state index < -0.39 is 5.76 Å². The van der Waals surface area contributed by atoms with Crippen molar-refractivity contribution in [1.29, 1.82) is 0 Å². The monoisotopic (exact) mass is 391 g/mol. The first-order valence-electron chi connectivity index (χ1n) is 9.09. The van der Waals surface area contributed by atoms with E-state index in [0.717, 1.165) is 33.8 Å². The van der Waals surface area contributed by atoms with Crippen molar-refractivity contribution >= 4 is 34.2 Å². The number of hydrogen-bond acceptors (Lipinski definition) is 7. The third kappa shape index (κ3) is 3.77. The highest BCUT2D eigenvalue weighted by molar-refractivity contribution is 5.78. The van der Waals surface area contributed by atoms with Crippen molar-refractivity contribution in [1.82, 2.24) is 15.0 Å². The fraction of sp³-hybridized carbons (Fsp3) is 0.190. The van der Waals surface area contributed by atoms with E-state index in [1.807, 2.05) is 39.0 Å². The Morgan fingerprint density at radius 3 is 2.48 bits per heavy atom. The number of H-pyrrole nitrogens is 1. The highest BCUT2D eigenvalue weighted by Gasteiger charge is 2.09. The molecule has 0 atom stereocenters. The summed E-state index contributed by atoms with van der Waals surface area (Å²) < 4.78 is 10.5. The molecule has 8 heteroatoms. The number of aromatic nitrogens is 3. The molecule has 4 rings (SSSR count). The van der Waals surface area contributed by atoms with Gasteiger partial charge in [0.1, 0.15) is 11.6 Å². The number of fused-ring (bicyclic) bond motifs is 1. The number of rotatable bonds is 5. The SMILES string of the molecule is COc1c(C)cc(Nc2ncc(C)c(Nc3ccc4oc(=O)[nH]c4c3)n2)cc1C. The van der Waals surface area contributed by atoms with Gasteiger partial charge in [0, 0.05) is 23.1 Å². The van der Waals surface area contributed by atoms with Gasteiger partial charge in [-0.1, -0.05) is 0 Å². The van der Waals surface area contributed by atoms with Crippen LogP contribution < -0.4 is 21.1 Å². The summed E-state index contributed by atoms with van der Waals surface area (Å²) in [6.07, 6.45) is 1.75. The number of aromatic amines is 1. The molecule has 0 aliphatic rings. The van der Waals surface area contributed by atoms with Crippen molar-refractivity contribution in [3.63, 3.8) is 0 Å². The molecule has 0 radical (unpaired) electrons. The number of hydrogen-bond donors (Lipinski definition) is 3. The summed E-state index contributed by atoms with van der Waals surface area (Å²) in [5.74, 6) is 1.52. The molecule has 4 aromatic rings. The lowest BCUT2D eigenvalue weighted by Crippen LogP contribution is -2.03. The van der Waals surface area contributed by atoms with Gasteiger partial charge in [0.25, 0.3) is 0 Å². The Morgan fingerprint density at radius 2 is 1.76 bits per heavy atom. The van der Waals surface area contributed by atoms with Crippen molar-refractivity contribution in [2.75, 3.05) is 17.7 Å². The molecule has 3 N–H and O–H groups in total. The summed E-state index contributed by atoms with van der Waals surface area (Å²) in [7, 11) is 1.67. The summed E-state index contributed by atoms with van der Waals surface area (Å²) in [6, 6.07) is 9.33. The van der Waals surface area contributed by atoms with E-state index in [4.69, 9.17) is 9.15 Å². The number of methoxy groups -OCH3 is 1. The predicted octanol–water partition coefficient (Wildman–Crippen LogP) is 4.33. The van der Waals surface area contributed by atoms with Gasteiger partial charge in [-0.25, -0.2) is 9.78 Å². The summed E-state index contributed by atoms with van der Waals surface area (Å²) >= 11 is 0. The topological polar surface area (TPSA) is 105 Å². The van der Waals surface area contributed by atoms with Gasteiger partial charge in [0.05, 0.1) is 12.6 Å².